The van der Waals surface area contributed by atoms with Gasteiger partial charge in [0.25, 0.3) is 0 Å². The maximum Gasteiger partial charge on any atom is 0.387 e. The van der Waals surface area contributed by atoms with Crippen LogP contribution >= 0.6 is 0 Å². The SMILES string of the molecule is O=C(Cc1ccccn1)N1CC2=C(C1)CN([S+]([O-])c1ccc(OC(F)F)cc1)C2. The van der Waals surface area contributed by atoms with E-state index in [9.17, 15) is 18.1 Å². The van der Waals surface area contributed by atoms with E-state index in [1.54, 1.807) is 11.1 Å². The molecule has 0 bridgehead atoms. The zero-order chi connectivity index (χ0) is 20.4. The van der Waals surface area contributed by atoms with Gasteiger partial charge in [0.2, 0.25) is 5.91 Å². The third-order valence-corrected chi connectivity index (χ3v) is 6.30. The molecule has 0 N–H and O–H groups in total. The summed E-state index contributed by atoms with van der Waals surface area (Å²) in [5, 5.41) is 0. The predicted octanol–water partition coefficient (Wildman–Crippen LogP) is 2.40. The highest BCUT2D eigenvalue weighted by atomic mass is 32.2. The minimum atomic E-state index is -2.89. The number of carbonyl (C=O) groups excluding carboxylic acids is 1. The molecular formula is C20H19F2N3O3S. The van der Waals surface area contributed by atoms with Crippen LogP contribution in [-0.2, 0) is 22.6 Å². The van der Waals surface area contributed by atoms with Crippen LogP contribution in [0.25, 0.3) is 0 Å². The number of carbonyl (C=O) groups is 1. The number of rotatable bonds is 6. The van der Waals surface area contributed by atoms with E-state index >= 15 is 0 Å². The van der Waals surface area contributed by atoms with E-state index in [1.165, 1.54) is 24.3 Å². The molecule has 1 unspecified atom stereocenters. The number of halogens is 2. The first-order valence-corrected chi connectivity index (χ1v) is 10.2. The van der Waals surface area contributed by atoms with Crippen molar-refractivity contribution in [3.63, 3.8) is 0 Å². The van der Waals surface area contributed by atoms with Gasteiger partial charge in [-0.2, -0.15) is 8.78 Å². The first-order valence-electron chi connectivity index (χ1n) is 9.09. The third-order valence-electron chi connectivity index (χ3n) is 4.89. The molecule has 0 radical (unpaired) electrons. The van der Waals surface area contributed by atoms with Gasteiger partial charge in [-0.3, -0.25) is 9.78 Å². The summed E-state index contributed by atoms with van der Waals surface area (Å²) in [7, 11) is 0. The molecule has 4 rings (SSSR count). The van der Waals surface area contributed by atoms with Crippen molar-refractivity contribution >= 4 is 17.3 Å². The van der Waals surface area contributed by atoms with E-state index in [4.69, 9.17) is 0 Å². The molecule has 2 aromatic rings. The van der Waals surface area contributed by atoms with Crippen LogP contribution in [0.4, 0.5) is 8.78 Å². The normalized spacial score (nSPS) is 17.7. The Kier molecular flexibility index (Phi) is 5.79. The number of amides is 1. The number of ether oxygens (including phenoxy) is 1. The second-order valence-corrected chi connectivity index (χ2v) is 8.34. The Hall–Kier alpha value is -2.49. The molecule has 6 nitrogen and oxygen atoms in total. The van der Waals surface area contributed by atoms with Crippen molar-refractivity contribution in [1.29, 1.82) is 0 Å². The Morgan fingerprint density at radius 3 is 2.38 bits per heavy atom. The third kappa shape index (κ3) is 4.58. The highest BCUT2D eigenvalue weighted by molar-refractivity contribution is 7.89. The highest BCUT2D eigenvalue weighted by Gasteiger charge is 2.37. The zero-order valence-corrected chi connectivity index (χ0v) is 16.3. The lowest BCUT2D eigenvalue weighted by Gasteiger charge is -2.24. The molecule has 1 aromatic carbocycles. The van der Waals surface area contributed by atoms with E-state index in [0.717, 1.165) is 16.8 Å². The van der Waals surface area contributed by atoms with Crippen LogP contribution in [0.3, 0.4) is 0 Å². The highest BCUT2D eigenvalue weighted by Crippen LogP contribution is 2.30. The Bertz CT molecular complexity index is 891. The van der Waals surface area contributed by atoms with Crippen molar-refractivity contribution < 1.29 is 22.9 Å². The second-order valence-electron chi connectivity index (χ2n) is 6.85. The van der Waals surface area contributed by atoms with E-state index in [2.05, 4.69) is 9.72 Å². The van der Waals surface area contributed by atoms with Gasteiger partial charge < -0.3 is 14.2 Å². The number of aromatic nitrogens is 1. The lowest BCUT2D eigenvalue weighted by molar-refractivity contribution is -0.129. The van der Waals surface area contributed by atoms with Crippen LogP contribution in [0.1, 0.15) is 5.69 Å². The van der Waals surface area contributed by atoms with Crippen molar-refractivity contribution in [1.82, 2.24) is 14.2 Å². The van der Waals surface area contributed by atoms with Crippen molar-refractivity contribution in [3.8, 4) is 5.75 Å². The summed E-state index contributed by atoms with van der Waals surface area (Å²) in [5.41, 5.74) is 2.97. The average molecular weight is 419 g/mol. The molecule has 152 valence electrons. The monoisotopic (exact) mass is 419 g/mol. The van der Waals surface area contributed by atoms with Crippen molar-refractivity contribution in [2.75, 3.05) is 26.2 Å². The maximum absolute atomic E-state index is 12.8. The van der Waals surface area contributed by atoms with Gasteiger partial charge in [0.05, 0.1) is 30.9 Å². The summed E-state index contributed by atoms with van der Waals surface area (Å²) in [5.74, 6) is 0.0604. The first-order chi connectivity index (χ1) is 14.0. The number of alkyl halides is 2. The molecule has 3 heterocycles. The molecule has 1 atom stereocenters. The van der Waals surface area contributed by atoms with Gasteiger partial charge in [0.1, 0.15) is 5.75 Å². The Labute approximate surface area is 170 Å². The number of hydrogen-bond acceptors (Lipinski definition) is 5. The topological polar surface area (TPSA) is 68.7 Å². The number of benzene rings is 1. The largest absolute Gasteiger partial charge is 0.593 e. The lowest BCUT2D eigenvalue weighted by Crippen LogP contribution is -2.37. The standard InChI is InChI=1S/C20H19F2N3O3S/c21-20(22)28-17-4-6-18(7-5-17)29(27)25-12-14-10-24(11-15(14)13-25)19(26)9-16-3-1-2-8-23-16/h1-8,20H,9-13H2. The first kappa shape index (κ1) is 19.8. The molecule has 0 fully saturated rings. The Balaban J connectivity index is 1.31. The van der Waals surface area contributed by atoms with E-state index < -0.39 is 18.0 Å². The van der Waals surface area contributed by atoms with Crippen LogP contribution in [0, 0.1) is 0 Å². The summed E-state index contributed by atoms with van der Waals surface area (Å²) in [4.78, 5) is 19.0. The zero-order valence-electron chi connectivity index (χ0n) is 15.5. The number of pyridine rings is 1. The van der Waals surface area contributed by atoms with Gasteiger partial charge >= 0.3 is 6.61 Å². The molecule has 0 aliphatic carbocycles. The fourth-order valence-corrected chi connectivity index (χ4v) is 4.71. The molecule has 0 saturated heterocycles. The lowest BCUT2D eigenvalue weighted by atomic mass is 10.2. The van der Waals surface area contributed by atoms with Crippen LogP contribution in [0.5, 0.6) is 5.75 Å². The molecular weight excluding hydrogens is 400 g/mol. The number of hydrogen-bond donors (Lipinski definition) is 0. The van der Waals surface area contributed by atoms with Gasteiger partial charge in [-0.15, -0.1) is 4.31 Å². The van der Waals surface area contributed by atoms with Gasteiger partial charge in [-0.05, 0) is 47.5 Å². The second kappa shape index (κ2) is 8.48. The van der Waals surface area contributed by atoms with Crippen molar-refractivity contribution in [2.24, 2.45) is 0 Å². The summed E-state index contributed by atoms with van der Waals surface area (Å²) in [6, 6.07) is 11.3. The molecule has 0 saturated carbocycles. The average Bonchev–Trinajstić information content (AvgIpc) is 3.28. The van der Waals surface area contributed by atoms with Crippen molar-refractivity contribution in [3.05, 3.63) is 65.5 Å². The van der Waals surface area contributed by atoms with Gasteiger partial charge in [0, 0.05) is 25.0 Å². The van der Waals surface area contributed by atoms with E-state index in [-0.39, 0.29) is 18.1 Å². The molecule has 9 heteroatoms. The fourth-order valence-electron chi connectivity index (χ4n) is 3.50. The fraction of sp³-hybridized carbons (Fsp3) is 0.300. The van der Waals surface area contributed by atoms with Crippen molar-refractivity contribution in [2.45, 2.75) is 17.9 Å². The van der Waals surface area contributed by atoms with Crippen LogP contribution < -0.4 is 4.74 Å². The van der Waals surface area contributed by atoms with Gasteiger partial charge in [0.15, 0.2) is 4.90 Å². The molecule has 1 amide bonds. The minimum absolute atomic E-state index is 0.0281. The summed E-state index contributed by atoms with van der Waals surface area (Å²) in [6.45, 7) is -0.776. The molecule has 0 spiro atoms. The van der Waals surface area contributed by atoms with Crippen LogP contribution in [0.2, 0.25) is 0 Å². The summed E-state index contributed by atoms with van der Waals surface area (Å²) in [6.07, 6.45) is 1.94. The molecule has 2 aliphatic heterocycles. The summed E-state index contributed by atoms with van der Waals surface area (Å²) < 4.78 is 43.4. The smallest absolute Gasteiger partial charge is 0.387 e. The minimum Gasteiger partial charge on any atom is -0.593 e. The summed E-state index contributed by atoms with van der Waals surface area (Å²) >= 11 is -1.41. The molecule has 2 aliphatic rings. The quantitative estimate of drug-likeness (QED) is 0.531. The Morgan fingerprint density at radius 2 is 1.79 bits per heavy atom. The maximum atomic E-state index is 12.8. The molecule has 29 heavy (non-hydrogen) atoms. The van der Waals surface area contributed by atoms with E-state index in [1.807, 2.05) is 22.5 Å². The number of nitrogens with zero attached hydrogens (tertiary/aromatic N) is 3. The Morgan fingerprint density at radius 1 is 1.10 bits per heavy atom. The molecule has 1 aromatic heterocycles. The van der Waals surface area contributed by atoms with Gasteiger partial charge in [-0.1, -0.05) is 6.07 Å². The predicted molar refractivity (Wildman–Crippen MR) is 103 cm³/mol. The van der Waals surface area contributed by atoms with Crippen LogP contribution in [0.15, 0.2) is 64.7 Å². The van der Waals surface area contributed by atoms with E-state index in [0.29, 0.717) is 31.1 Å². The van der Waals surface area contributed by atoms with Crippen LogP contribution in [-0.4, -0.2) is 57.4 Å². The van der Waals surface area contributed by atoms with Gasteiger partial charge in [-0.25, -0.2) is 0 Å².